The normalized spacial score (nSPS) is 9.56. The molecular weight excluding hydrogens is 230 g/mol. The first-order valence-corrected chi connectivity index (χ1v) is 5.20. The second-order valence-electron chi connectivity index (χ2n) is 3.49. The van der Waals surface area contributed by atoms with Crippen LogP contribution < -0.4 is 15.2 Å². The molecule has 0 amide bonds. The summed E-state index contributed by atoms with van der Waals surface area (Å²) in [5, 5.41) is 8.74. The van der Waals surface area contributed by atoms with Gasteiger partial charge in [0, 0.05) is 18.3 Å². The second kappa shape index (κ2) is 5.06. The third-order valence-electron chi connectivity index (χ3n) is 2.28. The summed E-state index contributed by atoms with van der Waals surface area (Å²) in [7, 11) is 1.55. The molecular formula is C13H11N3O2. The van der Waals surface area contributed by atoms with Gasteiger partial charge in [0.1, 0.15) is 29.0 Å². The Kier molecular flexibility index (Phi) is 3.30. The quantitative estimate of drug-likeness (QED) is 0.834. The van der Waals surface area contributed by atoms with E-state index in [1.54, 1.807) is 37.4 Å². The van der Waals surface area contributed by atoms with Crippen molar-refractivity contribution in [3.05, 3.63) is 42.2 Å². The summed E-state index contributed by atoms with van der Waals surface area (Å²) in [6.45, 7) is 0. The fourth-order valence-corrected chi connectivity index (χ4v) is 1.45. The van der Waals surface area contributed by atoms with E-state index in [1.165, 1.54) is 6.20 Å². The number of nitrogens with two attached hydrogens (primary N) is 1. The minimum atomic E-state index is 0.300. The number of pyridine rings is 1. The lowest BCUT2D eigenvalue weighted by molar-refractivity contribution is 0.415. The van der Waals surface area contributed by atoms with E-state index < -0.39 is 0 Å². The number of hydrogen-bond donors (Lipinski definition) is 1. The highest BCUT2D eigenvalue weighted by molar-refractivity contribution is 5.56. The van der Waals surface area contributed by atoms with Gasteiger partial charge in [-0.25, -0.2) is 4.98 Å². The molecule has 0 saturated carbocycles. The van der Waals surface area contributed by atoms with Gasteiger partial charge < -0.3 is 15.2 Å². The number of anilines is 1. The van der Waals surface area contributed by atoms with Gasteiger partial charge in [-0.1, -0.05) is 0 Å². The number of rotatable bonds is 3. The summed E-state index contributed by atoms with van der Waals surface area (Å²) in [5.41, 5.74) is 6.56. The van der Waals surface area contributed by atoms with E-state index in [2.05, 4.69) is 4.98 Å². The Morgan fingerprint density at radius 1 is 1.22 bits per heavy atom. The number of hydrogen-bond acceptors (Lipinski definition) is 5. The van der Waals surface area contributed by atoms with Crippen LogP contribution in [0.3, 0.4) is 0 Å². The van der Waals surface area contributed by atoms with E-state index in [9.17, 15) is 0 Å². The Labute approximate surface area is 104 Å². The van der Waals surface area contributed by atoms with Crippen molar-refractivity contribution in [2.45, 2.75) is 0 Å². The van der Waals surface area contributed by atoms with Crippen LogP contribution in [0.15, 0.2) is 36.5 Å². The van der Waals surface area contributed by atoms with Crippen LogP contribution in [0.2, 0.25) is 0 Å². The number of aromatic nitrogens is 1. The predicted octanol–water partition coefficient (Wildman–Crippen LogP) is 2.34. The molecule has 5 heteroatoms. The molecule has 0 saturated heterocycles. The Hall–Kier alpha value is -2.74. The van der Waals surface area contributed by atoms with E-state index in [0.717, 1.165) is 0 Å². The van der Waals surface area contributed by atoms with Gasteiger partial charge in [-0.3, -0.25) is 0 Å². The molecule has 0 radical (unpaired) electrons. The van der Waals surface area contributed by atoms with Crippen molar-refractivity contribution in [3.8, 4) is 23.3 Å². The van der Waals surface area contributed by atoms with Gasteiger partial charge in [0.05, 0.1) is 12.8 Å². The third-order valence-corrected chi connectivity index (χ3v) is 2.28. The predicted molar refractivity (Wildman–Crippen MR) is 66.4 cm³/mol. The van der Waals surface area contributed by atoms with Crippen LogP contribution in [-0.2, 0) is 0 Å². The van der Waals surface area contributed by atoms with Crippen molar-refractivity contribution in [2.24, 2.45) is 0 Å². The van der Waals surface area contributed by atoms with Crippen LogP contribution in [0.25, 0.3) is 0 Å². The zero-order valence-corrected chi connectivity index (χ0v) is 9.75. The van der Waals surface area contributed by atoms with E-state index >= 15 is 0 Å². The van der Waals surface area contributed by atoms with Crippen LogP contribution in [0.1, 0.15) is 5.69 Å². The zero-order valence-electron chi connectivity index (χ0n) is 9.75. The van der Waals surface area contributed by atoms with E-state index in [0.29, 0.717) is 28.6 Å². The van der Waals surface area contributed by atoms with Crippen molar-refractivity contribution < 1.29 is 9.47 Å². The van der Waals surface area contributed by atoms with E-state index in [1.807, 2.05) is 6.07 Å². The smallest absolute Gasteiger partial charge is 0.144 e. The van der Waals surface area contributed by atoms with Crippen LogP contribution in [-0.4, -0.2) is 12.1 Å². The van der Waals surface area contributed by atoms with Crippen LogP contribution >= 0.6 is 0 Å². The van der Waals surface area contributed by atoms with Gasteiger partial charge in [-0.05, 0) is 18.2 Å². The average Bonchev–Trinajstić information content (AvgIpc) is 2.39. The maximum atomic E-state index is 8.74. The summed E-state index contributed by atoms with van der Waals surface area (Å²) >= 11 is 0. The molecule has 1 aromatic carbocycles. The summed E-state index contributed by atoms with van der Waals surface area (Å²) in [4.78, 5) is 3.86. The molecule has 18 heavy (non-hydrogen) atoms. The lowest BCUT2D eigenvalue weighted by atomic mass is 10.3. The van der Waals surface area contributed by atoms with E-state index in [-0.39, 0.29) is 0 Å². The highest BCUT2D eigenvalue weighted by atomic mass is 16.5. The number of ether oxygens (including phenoxy) is 2. The number of nitriles is 1. The average molecular weight is 241 g/mol. The van der Waals surface area contributed by atoms with Crippen molar-refractivity contribution >= 4 is 5.69 Å². The SMILES string of the molecule is COc1ccc(Oc2ccnc(C#N)c2)cc1N. The molecule has 1 aromatic heterocycles. The fraction of sp³-hybridized carbons (Fsp3) is 0.0769. The monoisotopic (exact) mass is 241 g/mol. The van der Waals surface area contributed by atoms with Crippen LogP contribution in [0.4, 0.5) is 5.69 Å². The second-order valence-corrected chi connectivity index (χ2v) is 3.49. The van der Waals surface area contributed by atoms with Crippen molar-refractivity contribution in [3.63, 3.8) is 0 Å². The maximum Gasteiger partial charge on any atom is 0.144 e. The lowest BCUT2D eigenvalue weighted by Crippen LogP contribution is -1.93. The van der Waals surface area contributed by atoms with Gasteiger partial charge in [0.15, 0.2) is 0 Å². The van der Waals surface area contributed by atoms with Gasteiger partial charge in [0.2, 0.25) is 0 Å². The van der Waals surface area contributed by atoms with Gasteiger partial charge in [0.25, 0.3) is 0 Å². The molecule has 90 valence electrons. The third kappa shape index (κ3) is 2.50. The van der Waals surface area contributed by atoms with E-state index in [4.69, 9.17) is 20.5 Å². The van der Waals surface area contributed by atoms with Gasteiger partial charge >= 0.3 is 0 Å². The Bertz CT molecular complexity index is 605. The lowest BCUT2D eigenvalue weighted by Gasteiger charge is -2.08. The van der Waals surface area contributed by atoms with Gasteiger partial charge in [-0.15, -0.1) is 0 Å². The molecule has 0 unspecified atom stereocenters. The molecule has 0 bridgehead atoms. The minimum Gasteiger partial charge on any atom is -0.495 e. The molecule has 0 aliphatic rings. The first kappa shape index (κ1) is 11.7. The number of nitrogens with zero attached hydrogens (tertiary/aromatic N) is 2. The molecule has 0 atom stereocenters. The topological polar surface area (TPSA) is 81.2 Å². The highest BCUT2D eigenvalue weighted by Crippen LogP contribution is 2.29. The Morgan fingerprint density at radius 3 is 2.67 bits per heavy atom. The first-order chi connectivity index (χ1) is 8.72. The summed E-state index contributed by atoms with van der Waals surface area (Å²) in [6, 6.07) is 10.3. The molecule has 0 aliphatic carbocycles. The molecule has 0 fully saturated rings. The summed E-state index contributed by atoms with van der Waals surface area (Å²) in [5.74, 6) is 1.70. The van der Waals surface area contributed by atoms with Gasteiger partial charge in [-0.2, -0.15) is 5.26 Å². The molecule has 5 nitrogen and oxygen atoms in total. The largest absolute Gasteiger partial charge is 0.495 e. The number of benzene rings is 1. The molecule has 0 aliphatic heterocycles. The van der Waals surface area contributed by atoms with Crippen molar-refractivity contribution in [2.75, 3.05) is 12.8 Å². The maximum absolute atomic E-state index is 8.74. The van der Waals surface area contributed by atoms with Crippen LogP contribution in [0, 0.1) is 11.3 Å². The summed E-state index contributed by atoms with van der Waals surface area (Å²) in [6.07, 6.45) is 1.51. The summed E-state index contributed by atoms with van der Waals surface area (Å²) < 4.78 is 10.6. The molecule has 2 rings (SSSR count). The number of methoxy groups -OCH3 is 1. The first-order valence-electron chi connectivity index (χ1n) is 5.20. The van der Waals surface area contributed by atoms with Crippen LogP contribution in [0.5, 0.6) is 17.2 Å². The Balaban J connectivity index is 2.23. The Morgan fingerprint density at radius 2 is 2.00 bits per heavy atom. The van der Waals surface area contributed by atoms with Crippen molar-refractivity contribution in [1.82, 2.24) is 4.98 Å². The zero-order chi connectivity index (χ0) is 13.0. The minimum absolute atomic E-state index is 0.300. The molecule has 2 N–H and O–H groups in total. The van der Waals surface area contributed by atoms with Crippen molar-refractivity contribution in [1.29, 1.82) is 5.26 Å². The highest BCUT2D eigenvalue weighted by Gasteiger charge is 2.03. The molecule has 1 heterocycles. The fourth-order valence-electron chi connectivity index (χ4n) is 1.45. The number of nitrogen functional groups attached to an aromatic ring is 1. The molecule has 2 aromatic rings. The standard InChI is InChI=1S/C13H11N3O2/c1-17-13-3-2-10(7-12(13)15)18-11-4-5-16-9(6-11)8-14/h2-7H,15H2,1H3. The molecule has 0 spiro atoms.